The summed E-state index contributed by atoms with van der Waals surface area (Å²) in [6.07, 6.45) is -1.91. The predicted molar refractivity (Wildman–Crippen MR) is 157 cm³/mol. The van der Waals surface area contributed by atoms with E-state index in [-0.39, 0.29) is 19.4 Å². The summed E-state index contributed by atoms with van der Waals surface area (Å²) >= 11 is 0. The maximum absolute atomic E-state index is 13.9. The molecule has 1 saturated heterocycles. The lowest BCUT2D eigenvalue weighted by molar-refractivity contribution is -0.152. The number of carbonyl (C=O) groups is 4. The standard InChI is InChI=1S/C31H43N5O6/c1-30(2,3)35-18-10-17-31(35,28(34)40)26(24(37)16-15-21-11-6-4-7-12-21)36(27(39)23(32)19-25(33)38)29(41)42-20-22-13-8-5-9-14-22/h4-9,11-14,23-24,26,37H,10,15-20,32H2,1-3H3,(H2,33,38)(H2,34,40)/t23-,24?,26?,31+/m0/s1. The molecule has 7 N–H and O–H groups in total. The molecule has 11 nitrogen and oxygen atoms in total. The molecule has 0 aliphatic carbocycles. The molecule has 0 spiro atoms. The van der Waals surface area contributed by atoms with Crippen molar-refractivity contribution in [3.8, 4) is 0 Å². The largest absolute Gasteiger partial charge is 0.444 e. The molecule has 1 heterocycles. The van der Waals surface area contributed by atoms with Gasteiger partial charge in [0, 0.05) is 5.54 Å². The van der Waals surface area contributed by atoms with Gasteiger partial charge in [0.05, 0.1) is 24.6 Å². The lowest BCUT2D eigenvalue weighted by atomic mass is 9.78. The zero-order valence-electron chi connectivity index (χ0n) is 24.6. The van der Waals surface area contributed by atoms with Gasteiger partial charge in [-0.05, 0) is 64.1 Å². The van der Waals surface area contributed by atoms with Gasteiger partial charge in [0.1, 0.15) is 12.1 Å². The zero-order valence-corrected chi connectivity index (χ0v) is 24.6. The average Bonchev–Trinajstić information content (AvgIpc) is 3.40. The number of aliphatic hydroxyl groups is 1. The number of imide groups is 1. The van der Waals surface area contributed by atoms with Crippen molar-refractivity contribution in [3.05, 3.63) is 71.8 Å². The molecule has 42 heavy (non-hydrogen) atoms. The van der Waals surface area contributed by atoms with Crippen molar-refractivity contribution in [3.63, 3.8) is 0 Å². The Hall–Kier alpha value is -3.80. The number of aryl methyl sites for hydroxylation is 1. The number of benzene rings is 2. The highest BCUT2D eigenvalue weighted by Crippen LogP contribution is 2.42. The zero-order chi connectivity index (χ0) is 31.1. The van der Waals surface area contributed by atoms with E-state index in [0.717, 1.165) is 5.56 Å². The van der Waals surface area contributed by atoms with Gasteiger partial charge in [0.15, 0.2) is 0 Å². The van der Waals surface area contributed by atoms with E-state index in [1.54, 1.807) is 30.3 Å². The monoisotopic (exact) mass is 581 g/mol. The maximum Gasteiger partial charge on any atom is 0.417 e. The van der Waals surface area contributed by atoms with Crippen molar-refractivity contribution in [1.82, 2.24) is 9.80 Å². The van der Waals surface area contributed by atoms with Gasteiger partial charge in [-0.1, -0.05) is 60.7 Å². The fraction of sp³-hybridized carbons (Fsp3) is 0.484. The fourth-order valence-electron chi connectivity index (χ4n) is 5.92. The molecule has 0 bridgehead atoms. The highest BCUT2D eigenvalue weighted by Gasteiger charge is 2.61. The fourth-order valence-corrected chi connectivity index (χ4v) is 5.92. The Balaban J connectivity index is 2.14. The second-order valence-corrected chi connectivity index (χ2v) is 11.8. The van der Waals surface area contributed by atoms with Crippen molar-refractivity contribution in [1.29, 1.82) is 0 Å². The predicted octanol–water partition coefficient (Wildman–Crippen LogP) is 1.84. The summed E-state index contributed by atoms with van der Waals surface area (Å²) < 4.78 is 5.58. The topological polar surface area (TPSA) is 182 Å². The number of rotatable bonds is 12. The summed E-state index contributed by atoms with van der Waals surface area (Å²) in [5, 5.41) is 11.9. The van der Waals surface area contributed by atoms with E-state index in [2.05, 4.69) is 0 Å². The Labute approximate surface area is 247 Å². The number of aliphatic hydroxyl groups excluding tert-OH is 1. The molecule has 228 valence electrons. The first-order chi connectivity index (χ1) is 19.8. The van der Waals surface area contributed by atoms with Crippen molar-refractivity contribution in [2.75, 3.05) is 6.54 Å². The van der Waals surface area contributed by atoms with E-state index < -0.39 is 59.5 Å². The number of amides is 4. The molecule has 1 aliphatic heterocycles. The van der Waals surface area contributed by atoms with Crippen LogP contribution in [0.4, 0.5) is 4.79 Å². The number of hydrogen-bond donors (Lipinski definition) is 4. The molecular formula is C31H43N5O6. The number of nitrogens with zero attached hydrogens (tertiary/aromatic N) is 2. The highest BCUT2D eigenvalue weighted by atomic mass is 16.6. The second kappa shape index (κ2) is 13.9. The molecule has 11 heteroatoms. The van der Waals surface area contributed by atoms with Gasteiger partial charge >= 0.3 is 6.09 Å². The first-order valence-electron chi connectivity index (χ1n) is 14.2. The van der Waals surface area contributed by atoms with Gasteiger partial charge in [-0.15, -0.1) is 0 Å². The normalized spacial score (nSPS) is 19.5. The molecule has 0 radical (unpaired) electrons. The first-order valence-corrected chi connectivity index (χ1v) is 14.2. The molecule has 3 rings (SSSR count). The van der Waals surface area contributed by atoms with E-state index in [0.29, 0.717) is 29.8 Å². The summed E-state index contributed by atoms with van der Waals surface area (Å²) in [4.78, 5) is 55.6. The number of ether oxygens (including phenoxy) is 1. The van der Waals surface area contributed by atoms with Crippen LogP contribution in [0.15, 0.2) is 60.7 Å². The van der Waals surface area contributed by atoms with Crippen LogP contribution in [0.5, 0.6) is 0 Å². The summed E-state index contributed by atoms with van der Waals surface area (Å²) in [7, 11) is 0. The molecular weight excluding hydrogens is 538 g/mol. The lowest BCUT2D eigenvalue weighted by Gasteiger charge is -2.51. The molecule has 2 aromatic rings. The van der Waals surface area contributed by atoms with Gasteiger partial charge in [0.25, 0.3) is 0 Å². The Bertz CT molecular complexity index is 1240. The SMILES string of the molecule is CC(C)(C)N1CCC[C@]1(C(N)=O)C(C(O)CCc1ccccc1)N(C(=O)OCc1ccccc1)C(=O)[C@@H](N)CC(N)=O. The minimum Gasteiger partial charge on any atom is -0.444 e. The van der Waals surface area contributed by atoms with Gasteiger partial charge < -0.3 is 27.0 Å². The average molecular weight is 582 g/mol. The van der Waals surface area contributed by atoms with Crippen LogP contribution in [-0.4, -0.2) is 74.5 Å². The molecule has 1 fully saturated rings. The first kappa shape index (κ1) is 32.7. The third-order valence-corrected chi connectivity index (χ3v) is 7.74. The smallest absolute Gasteiger partial charge is 0.417 e. The Kier molecular flexibility index (Phi) is 10.8. The maximum atomic E-state index is 13.9. The molecule has 0 saturated carbocycles. The van der Waals surface area contributed by atoms with Crippen LogP contribution < -0.4 is 17.2 Å². The Morgan fingerprint density at radius 3 is 2.10 bits per heavy atom. The van der Waals surface area contributed by atoms with Crippen LogP contribution in [-0.2, 0) is 32.1 Å². The number of hydrogen-bond acceptors (Lipinski definition) is 8. The van der Waals surface area contributed by atoms with E-state index in [4.69, 9.17) is 21.9 Å². The number of carbonyl (C=O) groups excluding carboxylic acids is 4. The second-order valence-electron chi connectivity index (χ2n) is 11.8. The molecule has 2 aromatic carbocycles. The van der Waals surface area contributed by atoms with E-state index in [1.165, 1.54) is 0 Å². The Morgan fingerprint density at radius 2 is 1.57 bits per heavy atom. The van der Waals surface area contributed by atoms with Crippen LogP contribution in [0.1, 0.15) is 57.6 Å². The Morgan fingerprint density at radius 1 is 1.00 bits per heavy atom. The number of primary amides is 2. The van der Waals surface area contributed by atoms with Crippen LogP contribution in [0, 0.1) is 0 Å². The third-order valence-electron chi connectivity index (χ3n) is 7.74. The summed E-state index contributed by atoms with van der Waals surface area (Å²) in [5.41, 5.74) is 16.8. The number of nitrogens with two attached hydrogens (primary N) is 3. The molecule has 1 aliphatic rings. The van der Waals surface area contributed by atoms with Crippen molar-refractivity contribution < 1.29 is 29.0 Å². The summed E-state index contributed by atoms with van der Waals surface area (Å²) in [5.74, 6) is -2.65. The molecule has 0 aromatic heterocycles. The molecule has 4 atom stereocenters. The van der Waals surface area contributed by atoms with Crippen LogP contribution in [0.2, 0.25) is 0 Å². The van der Waals surface area contributed by atoms with E-state index >= 15 is 0 Å². The lowest BCUT2D eigenvalue weighted by Crippen LogP contribution is -2.74. The molecule has 4 amide bonds. The molecule has 2 unspecified atom stereocenters. The third kappa shape index (κ3) is 7.53. The van der Waals surface area contributed by atoms with Gasteiger partial charge in [-0.2, -0.15) is 0 Å². The van der Waals surface area contributed by atoms with Crippen LogP contribution >= 0.6 is 0 Å². The summed E-state index contributed by atoms with van der Waals surface area (Å²) in [6, 6.07) is 15.2. The summed E-state index contributed by atoms with van der Waals surface area (Å²) in [6.45, 7) is 5.92. The van der Waals surface area contributed by atoms with Gasteiger partial charge in [0.2, 0.25) is 17.7 Å². The highest BCUT2D eigenvalue weighted by molar-refractivity contribution is 5.99. The van der Waals surface area contributed by atoms with E-state index in [9.17, 15) is 24.3 Å². The number of likely N-dealkylation sites (tertiary alicyclic amines) is 1. The quantitative estimate of drug-likeness (QED) is 0.293. The van der Waals surface area contributed by atoms with Crippen molar-refractivity contribution in [2.24, 2.45) is 17.2 Å². The minimum atomic E-state index is -1.65. The van der Waals surface area contributed by atoms with Crippen LogP contribution in [0.3, 0.4) is 0 Å². The minimum absolute atomic E-state index is 0.0858. The van der Waals surface area contributed by atoms with E-state index in [1.807, 2.05) is 56.0 Å². The van der Waals surface area contributed by atoms with Gasteiger partial charge in [-0.3, -0.25) is 19.3 Å². The van der Waals surface area contributed by atoms with Gasteiger partial charge in [-0.25, -0.2) is 9.69 Å². The van der Waals surface area contributed by atoms with Crippen LogP contribution in [0.25, 0.3) is 0 Å². The van der Waals surface area contributed by atoms with Crippen molar-refractivity contribution >= 4 is 23.8 Å². The van der Waals surface area contributed by atoms with Crippen molar-refractivity contribution in [2.45, 2.75) is 88.7 Å².